The normalized spacial score (nSPS) is 21.3. The van der Waals surface area contributed by atoms with Crippen molar-refractivity contribution >= 4 is 11.8 Å². The molecule has 0 bridgehead atoms. The van der Waals surface area contributed by atoms with Gasteiger partial charge in [-0.2, -0.15) is 0 Å². The predicted molar refractivity (Wildman–Crippen MR) is 56.0 cm³/mol. The van der Waals surface area contributed by atoms with Crippen molar-refractivity contribution in [3.63, 3.8) is 0 Å². The van der Waals surface area contributed by atoms with E-state index in [1.807, 2.05) is 6.92 Å². The van der Waals surface area contributed by atoms with Gasteiger partial charge >= 0.3 is 6.09 Å². The molecular formula is C11H13NO3. The number of hydrogen-bond acceptors (Lipinski definition) is 3. The Morgan fingerprint density at radius 1 is 1.40 bits per heavy atom. The van der Waals surface area contributed by atoms with Gasteiger partial charge < -0.3 is 9.84 Å². The minimum atomic E-state index is -0.320. The molecule has 1 aliphatic rings. The van der Waals surface area contributed by atoms with Gasteiger partial charge in [-0.05, 0) is 31.2 Å². The number of cyclic esters (lactones) is 1. The van der Waals surface area contributed by atoms with Crippen LogP contribution in [0, 0.1) is 0 Å². The van der Waals surface area contributed by atoms with Gasteiger partial charge in [0.15, 0.2) is 0 Å². The number of amides is 1. The summed E-state index contributed by atoms with van der Waals surface area (Å²) in [5.41, 5.74) is 0.754. The number of benzene rings is 1. The first kappa shape index (κ1) is 9.83. The molecule has 1 unspecified atom stereocenters. The number of aromatic hydroxyl groups is 1. The van der Waals surface area contributed by atoms with E-state index in [2.05, 4.69) is 0 Å². The number of nitrogens with zero attached hydrogens (tertiary/aromatic N) is 1. The van der Waals surface area contributed by atoms with Gasteiger partial charge in [0.25, 0.3) is 0 Å². The summed E-state index contributed by atoms with van der Waals surface area (Å²) in [4.78, 5) is 13.1. The fourth-order valence-electron chi connectivity index (χ4n) is 1.56. The Morgan fingerprint density at radius 3 is 2.67 bits per heavy atom. The van der Waals surface area contributed by atoms with E-state index in [9.17, 15) is 4.79 Å². The Bertz CT molecular complexity index is 361. The summed E-state index contributed by atoms with van der Waals surface area (Å²) in [6, 6.07) is 6.51. The summed E-state index contributed by atoms with van der Waals surface area (Å²) in [6.45, 7) is 2.54. The molecule has 1 N–H and O–H groups in total. The fraction of sp³-hybridized carbons (Fsp3) is 0.364. The molecule has 1 fully saturated rings. The van der Waals surface area contributed by atoms with Crippen molar-refractivity contribution in [2.24, 2.45) is 0 Å². The lowest BCUT2D eigenvalue weighted by atomic mass is 10.2. The second kappa shape index (κ2) is 3.81. The molecule has 15 heavy (non-hydrogen) atoms. The number of carbonyl (C=O) groups excluding carboxylic acids is 1. The number of anilines is 1. The summed E-state index contributed by atoms with van der Waals surface area (Å²) >= 11 is 0. The second-order valence-corrected chi connectivity index (χ2v) is 3.65. The highest BCUT2D eigenvalue weighted by atomic mass is 16.6. The van der Waals surface area contributed by atoms with Crippen LogP contribution in [0.4, 0.5) is 10.5 Å². The minimum Gasteiger partial charge on any atom is -0.508 e. The molecule has 0 aromatic heterocycles. The molecule has 1 saturated heterocycles. The van der Waals surface area contributed by atoms with Crippen LogP contribution in [-0.2, 0) is 4.74 Å². The Hall–Kier alpha value is -1.71. The summed E-state index contributed by atoms with van der Waals surface area (Å²) in [5.74, 6) is 0.192. The number of carbonyl (C=O) groups is 1. The van der Waals surface area contributed by atoms with Gasteiger partial charge in [0.2, 0.25) is 0 Å². The lowest BCUT2D eigenvalue weighted by molar-refractivity contribution is 0.0944. The summed E-state index contributed by atoms with van der Waals surface area (Å²) in [5, 5.41) is 9.13. The molecule has 0 radical (unpaired) electrons. The number of rotatable bonds is 1. The summed E-state index contributed by atoms with van der Waals surface area (Å²) in [7, 11) is 0. The van der Waals surface area contributed by atoms with Crippen molar-refractivity contribution in [1.29, 1.82) is 0 Å². The maximum absolute atomic E-state index is 11.5. The number of hydrogen-bond donors (Lipinski definition) is 1. The monoisotopic (exact) mass is 207 g/mol. The zero-order valence-corrected chi connectivity index (χ0v) is 8.51. The molecule has 1 heterocycles. The molecule has 2 rings (SSSR count). The topological polar surface area (TPSA) is 49.8 Å². The van der Waals surface area contributed by atoms with E-state index >= 15 is 0 Å². The minimum absolute atomic E-state index is 0.00846. The van der Waals surface area contributed by atoms with Gasteiger partial charge in [0, 0.05) is 18.7 Å². The molecular weight excluding hydrogens is 194 g/mol. The van der Waals surface area contributed by atoms with E-state index < -0.39 is 0 Å². The molecule has 4 heteroatoms. The molecule has 1 aliphatic heterocycles. The Kier molecular flexibility index (Phi) is 2.49. The van der Waals surface area contributed by atoms with Gasteiger partial charge in [0.1, 0.15) is 11.9 Å². The van der Waals surface area contributed by atoms with E-state index in [0.29, 0.717) is 6.54 Å². The zero-order valence-electron chi connectivity index (χ0n) is 8.51. The van der Waals surface area contributed by atoms with Crippen LogP contribution < -0.4 is 4.90 Å². The smallest absolute Gasteiger partial charge is 0.414 e. The molecule has 0 spiro atoms. The largest absolute Gasteiger partial charge is 0.508 e. The van der Waals surface area contributed by atoms with Gasteiger partial charge in [0.05, 0.1) is 0 Å². The third-order valence-electron chi connectivity index (χ3n) is 2.44. The van der Waals surface area contributed by atoms with Crippen molar-refractivity contribution in [2.75, 3.05) is 11.4 Å². The van der Waals surface area contributed by atoms with Crippen molar-refractivity contribution < 1.29 is 14.6 Å². The predicted octanol–water partition coefficient (Wildman–Crippen LogP) is 2.13. The third-order valence-corrected chi connectivity index (χ3v) is 2.44. The molecule has 0 saturated carbocycles. The Morgan fingerprint density at radius 2 is 2.07 bits per heavy atom. The zero-order chi connectivity index (χ0) is 10.8. The average Bonchev–Trinajstić information content (AvgIpc) is 2.20. The maximum Gasteiger partial charge on any atom is 0.414 e. The van der Waals surface area contributed by atoms with Crippen molar-refractivity contribution in [1.82, 2.24) is 0 Å². The van der Waals surface area contributed by atoms with Crippen molar-refractivity contribution in [3.05, 3.63) is 24.3 Å². The number of phenolic OH excluding ortho intramolecular Hbond substituents is 1. The number of phenols is 1. The van der Waals surface area contributed by atoms with Crippen LogP contribution in [-0.4, -0.2) is 23.8 Å². The van der Waals surface area contributed by atoms with E-state index in [1.54, 1.807) is 29.2 Å². The van der Waals surface area contributed by atoms with Crippen molar-refractivity contribution in [3.8, 4) is 5.75 Å². The Labute approximate surface area is 88.1 Å². The average molecular weight is 207 g/mol. The van der Waals surface area contributed by atoms with Crippen LogP contribution in [0.2, 0.25) is 0 Å². The molecule has 0 aliphatic carbocycles. The van der Waals surface area contributed by atoms with E-state index in [4.69, 9.17) is 9.84 Å². The quantitative estimate of drug-likeness (QED) is 0.767. The molecule has 80 valence electrons. The van der Waals surface area contributed by atoms with Crippen molar-refractivity contribution in [2.45, 2.75) is 19.4 Å². The number of ether oxygens (including phenoxy) is 1. The van der Waals surface area contributed by atoms with E-state index in [1.165, 1.54) is 0 Å². The van der Waals surface area contributed by atoms with Gasteiger partial charge in [-0.15, -0.1) is 0 Å². The highest BCUT2D eigenvalue weighted by molar-refractivity contribution is 5.88. The first-order valence-electron chi connectivity index (χ1n) is 4.94. The SMILES string of the molecule is CC1CCN(c2ccc(O)cc2)C(=O)O1. The van der Waals surface area contributed by atoms with Crippen LogP contribution >= 0.6 is 0 Å². The molecule has 1 aromatic rings. The maximum atomic E-state index is 11.5. The molecule has 4 nitrogen and oxygen atoms in total. The van der Waals surface area contributed by atoms with Crippen LogP contribution in [0.5, 0.6) is 5.75 Å². The van der Waals surface area contributed by atoms with Crippen LogP contribution in [0.1, 0.15) is 13.3 Å². The van der Waals surface area contributed by atoms with Gasteiger partial charge in [-0.25, -0.2) is 4.79 Å². The Balaban J connectivity index is 2.17. The lowest BCUT2D eigenvalue weighted by Crippen LogP contribution is -2.41. The third kappa shape index (κ3) is 2.03. The molecule has 1 atom stereocenters. The van der Waals surface area contributed by atoms with Gasteiger partial charge in [-0.3, -0.25) is 4.90 Å². The molecule has 1 amide bonds. The summed E-state index contributed by atoms with van der Waals surface area (Å²) in [6.07, 6.45) is 0.498. The highest BCUT2D eigenvalue weighted by Gasteiger charge is 2.25. The second-order valence-electron chi connectivity index (χ2n) is 3.65. The summed E-state index contributed by atoms with van der Waals surface area (Å²) < 4.78 is 5.11. The lowest BCUT2D eigenvalue weighted by Gasteiger charge is -2.30. The van der Waals surface area contributed by atoms with Crippen LogP contribution in [0.15, 0.2) is 24.3 Å². The molecule has 1 aromatic carbocycles. The fourth-order valence-corrected chi connectivity index (χ4v) is 1.56. The first-order valence-corrected chi connectivity index (χ1v) is 4.94. The van der Waals surface area contributed by atoms with E-state index in [-0.39, 0.29) is 17.9 Å². The first-order chi connectivity index (χ1) is 7.16. The van der Waals surface area contributed by atoms with E-state index in [0.717, 1.165) is 12.1 Å². The van der Waals surface area contributed by atoms with Gasteiger partial charge in [-0.1, -0.05) is 0 Å². The highest BCUT2D eigenvalue weighted by Crippen LogP contribution is 2.22. The van der Waals surface area contributed by atoms with Crippen LogP contribution in [0.3, 0.4) is 0 Å². The van der Waals surface area contributed by atoms with Crippen LogP contribution in [0.25, 0.3) is 0 Å². The standard InChI is InChI=1S/C11H13NO3/c1-8-6-7-12(11(14)15-8)9-2-4-10(13)5-3-9/h2-5,8,13H,6-7H2,1H3.